The third kappa shape index (κ3) is 4.94. The van der Waals surface area contributed by atoms with E-state index in [9.17, 15) is 4.79 Å². The number of para-hydroxylation sites is 2. The summed E-state index contributed by atoms with van der Waals surface area (Å²) in [6.45, 7) is 4.60. The third-order valence-corrected chi connectivity index (χ3v) is 3.66. The van der Waals surface area contributed by atoms with Gasteiger partial charge in [-0.05, 0) is 50.2 Å². The number of esters is 1. The van der Waals surface area contributed by atoms with Gasteiger partial charge in [0.15, 0.2) is 5.82 Å². The molecule has 3 aromatic rings. The van der Waals surface area contributed by atoms with Gasteiger partial charge in [0.2, 0.25) is 5.95 Å². The predicted molar refractivity (Wildman–Crippen MR) is 106 cm³/mol. The van der Waals surface area contributed by atoms with Gasteiger partial charge < -0.3 is 20.1 Å². The molecule has 2 aromatic carbocycles. The summed E-state index contributed by atoms with van der Waals surface area (Å²) in [5.41, 5.74) is 1.99. The van der Waals surface area contributed by atoms with Gasteiger partial charge in [-0.15, -0.1) is 5.10 Å². The van der Waals surface area contributed by atoms with Crippen LogP contribution in [0.1, 0.15) is 24.2 Å². The monoisotopic (exact) mass is 379 g/mol. The lowest BCUT2D eigenvalue weighted by atomic mass is 10.2. The van der Waals surface area contributed by atoms with Crippen LogP contribution in [0.3, 0.4) is 0 Å². The Kier molecular flexibility index (Phi) is 6.35. The van der Waals surface area contributed by atoms with Crippen molar-refractivity contribution >= 4 is 29.1 Å². The van der Waals surface area contributed by atoms with E-state index in [1.165, 1.54) is 6.20 Å². The molecule has 8 heteroatoms. The van der Waals surface area contributed by atoms with Crippen LogP contribution >= 0.6 is 0 Å². The van der Waals surface area contributed by atoms with Crippen LogP contribution in [0.15, 0.2) is 54.7 Å². The van der Waals surface area contributed by atoms with Crippen LogP contribution in [-0.2, 0) is 4.74 Å². The van der Waals surface area contributed by atoms with E-state index in [1.54, 1.807) is 31.2 Å². The van der Waals surface area contributed by atoms with Gasteiger partial charge in [0.25, 0.3) is 0 Å². The fraction of sp³-hybridized carbons (Fsp3) is 0.200. The summed E-state index contributed by atoms with van der Waals surface area (Å²) in [6.07, 6.45) is 1.53. The Hall–Kier alpha value is -3.68. The van der Waals surface area contributed by atoms with E-state index in [0.29, 0.717) is 30.5 Å². The van der Waals surface area contributed by atoms with Crippen LogP contribution in [0.2, 0.25) is 0 Å². The average molecular weight is 379 g/mol. The summed E-state index contributed by atoms with van der Waals surface area (Å²) in [6, 6.07) is 14.4. The summed E-state index contributed by atoms with van der Waals surface area (Å²) in [5.74, 6) is 1.22. The first-order chi connectivity index (χ1) is 13.7. The molecular weight excluding hydrogens is 358 g/mol. The minimum absolute atomic E-state index is 0.322. The van der Waals surface area contributed by atoms with Crippen molar-refractivity contribution in [3.63, 3.8) is 0 Å². The first-order valence-corrected chi connectivity index (χ1v) is 8.92. The molecule has 0 saturated carbocycles. The normalized spacial score (nSPS) is 10.2. The van der Waals surface area contributed by atoms with E-state index < -0.39 is 0 Å². The standard InChI is InChI=1S/C20H21N5O3/c1-3-27-17-8-6-5-7-16(17)23-18-13-21-25-20(24-18)22-15-11-9-14(10-12-15)19(26)28-4-2/h5-13H,3-4H2,1-2H3,(H2,22,23,24,25). The number of nitrogens with zero attached hydrogens (tertiary/aromatic N) is 3. The second-order valence-electron chi connectivity index (χ2n) is 5.64. The smallest absolute Gasteiger partial charge is 0.338 e. The number of hydrogen-bond acceptors (Lipinski definition) is 8. The van der Waals surface area contributed by atoms with Crippen molar-refractivity contribution in [1.82, 2.24) is 15.2 Å². The predicted octanol–water partition coefficient (Wildman–Crippen LogP) is 3.93. The van der Waals surface area contributed by atoms with Crippen molar-refractivity contribution in [3.05, 3.63) is 60.3 Å². The van der Waals surface area contributed by atoms with Crippen LogP contribution in [-0.4, -0.2) is 34.4 Å². The summed E-state index contributed by atoms with van der Waals surface area (Å²) in [5, 5.41) is 14.2. The molecule has 1 aromatic heterocycles. The van der Waals surface area contributed by atoms with Gasteiger partial charge in [-0.2, -0.15) is 10.1 Å². The van der Waals surface area contributed by atoms with Gasteiger partial charge in [-0.1, -0.05) is 12.1 Å². The second-order valence-corrected chi connectivity index (χ2v) is 5.64. The number of nitrogens with one attached hydrogen (secondary N) is 2. The van der Waals surface area contributed by atoms with E-state index in [0.717, 1.165) is 17.1 Å². The maximum absolute atomic E-state index is 11.7. The molecule has 3 rings (SSSR count). The van der Waals surface area contributed by atoms with Crippen molar-refractivity contribution in [2.45, 2.75) is 13.8 Å². The Bertz CT molecular complexity index is 931. The fourth-order valence-corrected chi connectivity index (χ4v) is 2.44. The third-order valence-electron chi connectivity index (χ3n) is 3.66. The molecule has 0 atom stereocenters. The van der Waals surface area contributed by atoms with Crippen LogP contribution in [0, 0.1) is 0 Å². The molecule has 0 aliphatic rings. The van der Waals surface area contributed by atoms with E-state index >= 15 is 0 Å². The molecule has 0 fully saturated rings. The van der Waals surface area contributed by atoms with Crippen molar-refractivity contribution in [2.75, 3.05) is 23.8 Å². The zero-order chi connectivity index (χ0) is 19.8. The van der Waals surface area contributed by atoms with Gasteiger partial charge in [-0.3, -0.25) is 0 Å². The maximum Gasteiger partial charge on any atom is 0.338 e. The van der Waals surface area contributed by atoms with Crippen LogP contribution < -0.4 is 15.4 Å². The lowest BCUT2D eigenvalue weighted by Gasteiger charge is -2.12. The number of benzene rings is 2. The van der Waals surface area contributed by atoms with Gasteiger partial charge in [0.05, 0.1) is 30.7 Å². The molecule has 0 radical (unpaired) electrons. The van der Waals surface area contributed by atoms with Crippen molar-refractivity contribution in [1.29, 1.82) is 0 Å². The quantitative estimate of drug-likeness (QED) is 0.568. The van der Waals surface area contributed by atoms with Gasteiger partial charge in [0, 0.05) is 5.69 Å². The average Bonchev–Trinajstić information content (AvgIpc) is 2.71. The molecule has 0 aliphatic heterocycles. The van der Waals surface area contributed by atoms with Gasteiger partial charge in [0.1, 0.15) is 5.75 Å². The SMILES string of the molecule is CCOC(=O)c1ccc(Nc2nncc(Nc3ccccc3OCC)n2)cc1. The fourth-order valence-electron chi connectivity index (χ4n) is 2.44. The van der Waals surface area contributed by atoms with Crippen LogP contribution in [0.25, 0.3) is 0 Å². The number of aromatic nitrogens is 3. The molecule has 144 valence electrons. The highest BCUT2D eigenvalue weighted by molar-refractivity contribution is 5.89. The molecular formula is C20H21N5O3. The largest absolute Gasteiger partial charge is 0.492 e. The number of ether oxygens (including phenoxy) is 2. The molecule has 0 saturated heterocycles. The highest BCUT2D eigenvalue weighted by atomic mass is 16.5. The van der Waals surface area contributed by atoms with Crippen LogP contribution in [0.4, 0.5) is 23.1 Å². The maximum atomic E-state index is 11.7. The Morgan fingerprint density at radius 1 is 1.00 bits per heavy atom. The molecule has 8 nitrogen and oxygen atoms in total. The Morgan fingerprint density at radius 2 is 1.79 bits per heavy atom. The van der Waals surface area contributed by atoms with E-state index in [1.807, 2.05) is 31.2 Å². The number of carbonyl (C=O) groups excluding carboxylic acids is 1. The van der Waals surface area contributed by atoms with E-state index in [4.69, 9.17) is 9.47 Å². The van der Waals surface area contributed by atoms with E-state index in [-0.39, 0.29) is 5.97 Å². The lowest BCUT2D eigenvalue weighted by Crippen LogP contribution is -2.05. The van der Waals surface area contributed by atoms with Crippen molar-refractivity contribution < 1.29 is 14.3 Å². The van der Waals surface area contributed by atoms with Crippen molar-refractivity contribution in [2.24, 2.45) is 0 Å². The molecule has 0 bridgehead atoms. The number of hydrogen-bond donors (Lipinski definition) is 2. The lowest BCUT2D eigenvalue weighted by molar-refractivity contribution is 0.0526. The number of rotatable bonds is 8. The molecule has 0 unspecified atom stereocenters. The highest BCUT2D eigenvalue weighted by Crippen LogP contribution is 2.26. The molecule has 0 amide bonds. The van der Waals surface area contributed by atoms with Gasteiger partial charge in [-0.25, -0.2) is 4.79 Å². The summed E-state index contributed by atoms with van der Waals surface area (Å²) >= 11 is 0. The first kappa shape index (κ1) is 19.1. The molecule has 0 aliphatic carbocycles. The topological polar surface area (TPSA) is 98.3 Å². The number of anilines is 4. The zero-order valence-electron chi connectivity index (χ0n) is 15.7. The molecule has 0 spiro atoms. The van der Waals surface area contributed by atoms with Crippen LogP contribution in [0.5, 0.6) is 5.75 Å². The minimum atomic E-state index is -0.355. The van der Waals surface area contributed by atoms with Crippen molar-refractivity contribution in [3.8, 4) is 5.75 Å². The molecule has 1 heterocycles. The summed E-state index contributed by atoms with van der Waals surface area (Å²) < 4.78 is 10.6. The Balaban J connectivity index is 1.71. The molecule has 2 N–H and O–H groups in total. The summed E-state index contributed by atoms with van der Waals surface area (Å²) in [7, 11) is 0. The highest BCUT2D eigenvalue weighted by Gasteiger charge is 2.08. The van der Waals surface area contributed by atoms with Gasteiger partial charge >= 0.3 is 5.97 Å². The molecule has 28 heavy (non-hydrogen) atoms. The zero-order valence-corrected chi connectivity index (χ0v) is 15.7. The van der Waals surface area contributed by atoms with E-state index in [2.05, 4.69) is 25.8 Å². The Morgan fingerprint density at radius 3 is 2.54 bits per heavy atom. The minimum Gasteiger partial charge on any atom is -0.492 e. The first-order valence-electron chi connectivity index (χ1n) is 8.92. The summed E-state index contributed by atoms with van der Waals surface area (Å²) in [4.78, 5) is 16.1. The number of carbonyl (C=O) groups is 1. The Labute approximate surface area is 162 Å². The second kappa shape index (κ2) is 9.31.